The number of aliphatic hydroxyl groups is 4. The van der Waals surface area contributed by atoms with E-state index in [1.807, 2.05) is 0 Å². The van der Waals surface area contributed by atoms with E-state index in [-0.39, 0.29) is 70.7 Å². The number of hydrogen-bond acceptors (Lipinski definition) is 6. The van der Waals surface area contributed by atoms with Crippen LogP contribution in [0.15, 0.2) is 5.10 Å². The minimum absolute atomic E-state index is 0. The molecular weight excluding hydrogens is 501 g/mol. The van der Waals surface area contributed by atoms with Crippen LogP contribution in [0.5, 0.6) is 0 Å². The quantitative estimate of drug-likeness (QED) is 0.145. The minimum atomic E-state index is -1.49. The molecule has 0 aliphatic heterocycles. The van der Waals surface area contributed by atoms with Gasteiger partial charge in [0.2, 0.25) is 0 Å². The van der Waals surface area contributed by atoms with Crippen molar-refractivity contribution in [2.75, 3.05) is 0 Å². The summed E-state index contributed by atoms with van der Waals surface area (Å²) in [5, 5.41) is 38.9. The zero-order chi connectivity index (χ0) is 9.72. The average Bonchev–Trinajstić information content (AvgIpc) is 2.02. The van der Waals surface area contributed by atoms with Gasteiger partial charge < -0.3 is 75.9 Å². The monoisotopic (exact) mass is 513 g/mol. The van der Waals surface area contributed by atoms with E-state index in [9.17, 15) is 0 Å². The fourth-order valence-electron chi connectivity index (χ4n) is 0.664. The summed E-state index contributed by atoms with van der Waals surface area (Å²) < 4.78 is 0. The van der Waals surface area contributed by atoms with Crippen LogP contribution in [0.3, 0.4) is 0 Å². The summed E-state index contributed by atoms with van der Waals surface area (Å²) in [5.41, 5.74) is 0. The van der Waals surface area contributed by atoms with Crippen LogP contribution in [-0.2, 0) is 21.1 Å². The zero-order valence-corrected chi connectivity index (χ0v) is 13.8. The molecule has 0 aromatic carbocycles. The van der Waals surface area contributed by atoms with Gasteiger partial charge in [-0.25, -0.2) is 0 Å². The van der Waals surface area contributed by atoms with E-state index in [0.717, 1.165) is 6.21 Å². The number of nitrogens with two attached hydrogens (primary N) is 1. The number of hydrogen-bond donors (Lipinski definition) is 5. The fraction of sp³-hybridized carbons (Fsp3) is 0.833. The number of hydrazone groups is 1. The summed E-state index contributed by atoms with van der Waals surface area (Å²) in [7, 11) is 0. The number of halogens is 4. The Morgan fingerprint density at radius 3 is 1.53 bits per heavy atom. The molecule has 0 bridgehead atoms. The number of nitrogens with zero attached hydrogens (tertiary/aromatic N) is 1. The van der Waals surface area contributed by atoms with Crippen LogP contribution in [-0.4, -0.2) is 51.1 Å². The summed E-state index contributed by atoms with van der Waals surface area (Å²) in [6.45, 7) is 1.29. The van der Waals surface area contributed by atoms with Crippen molar-refractivity contribution in [1.82, 2.24) is 0 Å². The zero-order valence-electron chi connectivity index (χ0n) is 8.53. The molecule has 0 aliphatic carbocycles. The first kappa shape index (κ1) is 36.2. The maximum absolute atomic E-state index is 9.08. The van der Waals surface area contributed by atoms with Crippen LogP contribution < -0.4 is 55.5 Å². The Morgan fingerprint density at radius 2 is 1.29 bits per heavy atom. The molecule has 0 saturated heterocycles. The van der Waals surface area contributed by atoms with E-state index in [1.54, 1.807) is 0 Å². The van der Waals surface area contributed by atoms with Gasteiger partial charge in [-0.3, -0.25) is 0 Å². The molecule has 0 aromatic heterocycles. The summed E-state index contributed by atoms with van der Waals surface area (Å²) in [4.78, 5) is 0. The Hall–Kier alpha value is 1.16. The largest absolute Gasteiger partial charge is 4.00 e. The van der Waals surface area contributed by atoms with Crippen molar-refractivity contribution in [3.8, 4) is 0 Å². The molecular formula is C6H14Cl4N2O4Pt. The second-order valence-corrected chi connectivity index (χ2v) is 2.51. The van der Waals surface area contributed by atoms with Crippen molar-refractivity contribution in [2.45, 2.75) is 31.3 Å². The van der Waals surface area contributed by atoms with Gasteiger partial charge in [0.05, 0.1) is 12.3 Å². The molecule has 4 atom stereocenters. The Morgan fingerprint density at radius 1 is 0.941 bits per heavy atom. The average molecular weight is 515 g/mol. The Balaban J connectivity index is -0.0000000605. The van der Waals surface area contributed by atoms with E-state index in [2.05, 4.69) is 5.10 Å². The Labute approximate surface area is 139 Å². The van der Waals surface area contributed by atoms with Gasteiger partial charge in [0.1, 0.15) is 18.3 Å². The van der Waals surface area contributed by atoms with E-state index in [1.165, 1.54) is 6.92 Å². The maximum Gasteiger partial charge on any atom is 4.00 e. The van der Waals surface area contributed by atoms with Crippen molar-refractivity contribution in [2.24, 2.45) is 10.9 Å². The van der Waals surface area contributed by atoms with E-state index in [4.69, 9.17) is 26.3 Å². The molecule has 6 N–H and O–H groups in total. The summed E-state index contributed by atoms with van der Waals surface area (Å²) >= 11 is 0. The fourth-order valence-corrected chi connectivity index (χ4v) is 0.664. The normalized spacial score (nSPS) is 15.6. The molecule has 0 spiro atoms. The van der Waals surface area contributed by atoms with Crippen LogP contribution in [0.4, 0.5) is 0 Å². The minimum Gasteiger partial charge on any atom is -1.00 e. The molecule has 0 heterocycles. The molecule has 0 aromatic rings. The second-order valence-electron chi connectivity index (χ2n) is 2.51. The molecule has 6 nitrogen and oxygen atoms in total. The van der Waals surface area contributed by atoms with Crippen LogP contribution in [0, 0.1) is 0 Å². The standard InChI is InChI=1S/C6H14N2O4.4ClH.Pt/c1-3(9)5(11)6(12)4(10)2-8-7;;;;;/h2-6,9-12H,7H2,1H3;4*1H;/q;;;;;+4/p-4/t3-,4+,5+,6-;;;;;/m0...../s1. The Kier molecular flexibility index (Phi) is 41.5. The molecule has 11 heteroatoms. The van der Waals surface area contributed by atoms with E-state index >= 15 is 0 Å². The van der Waals surface area contributed by atoms with Gasteiger partial charge in [0, 0.05) is 0 Å². The van der Waals surface area contributed by atoms with E-state index < -0.39 is 24.4 Å². The molecule has 17 heavy (non-hydrogen) atoms. The molecule has 0 fully saturated rings. The summed E-state index contributed by atoms with van der Waals surface area (Å²) in [6.07, 6.45) is -4.54. The maximum atomic E-state index is 9.08. The van der Waals surface area contributed by atoms with Gasteiger partial charge in [-0.15, -0.1) is 0 Å². The van der Waals surface area contributed by atoms with Gasteiger partial charge in [-0.2, -0.15) is 5.10 Å². The van der Waals surface area contributed by atoms with Crippen LogP contribution in [0.25, 0.3) is 0 Å². The summed E-state index contributed by atoms with van der Waals surface area (Å²) in [5.74, 6) is 4.70. The first-order valence-electron chi connectivity index (χ1n) is 3.46. The third-order valence-corrected chi connectivity index (χ3v) is 1.43. The SMILES string of the molecule is C[C@H](O)[C@@H](O)[C@@H](O)[C@H](O)C=NN.[Cl-].[Cl-].[Cl-].[Cl-].[Pt+4]. The Bertz CT molecular complexity index is 169. The van der Waals surface area contributed by atoms with Crippen LogP contribution >= 0.6 is 0 Å². The molecule has 0 aliphatic rings. The van der Waals surface area contributed by atoms with Gasteiger partial charge >= 0.3 is 21.1 Å². The second kappa shape index (κ2) is 19.5. The molecule has 0 radical (unpaired) electrons. The first-order chi connectivity index (χ1) is 5.50. The van der Waals surface area contributed by atoms with Crippen molar-refractivity contribution in [3.05, 3.63) is 0 Å². The predicted molar refractivity (Wildman–Crippen MR) is 42.4 cm³/mol. The van der Waals surface area contributed by atoms with Gasteiger partial charge in [0.15, 0.2) is 0 Å². The number of rotatable bonds is 4. The van der Waals surface area contributed by atoms with Crippen LogP contribution in [0.2, 0.25) is 0 Å². The van der Waals surface area contributed by atoms with Crippen molar-refractivity contribution in [3.63, 3.8) is 0 Å². The molecule has 110 valence electrons. The smallest absolute Gasteiger partial charge is 1.00 e. The van der Waals surface area contributed by atoms with Crippen molar-refractivity contribution >= 4 is 6.21 Å². The predicted octanol–water partition coefficient (Wildman–Crippen LogP) is -14.6. The first-order valence-corrected chi connectivity index (χ1v) is 3.46. The topological polar surface area (TPSA) is 119 Å². The third-order valence-electron chi connectivity index (χ3n) is 1.43. The molecule has 0 amide bonds. The van der Waals surface area contributed by atoms with Crippen molar-refractivity contribution < 1.29 is 91.1 Å². The van der Waals surface area contributed by atoms with E-state index in [0.29, 0.717) is 0 Å². The number of aliphatic hydroxyl groups excluding tert-OH is 4. The molecule has 0 saturated carbocycles. The van der Waals surface area contributed by atoms with Crippen molar-refractivity contribution in [1.29, 1.82) is 0 Å². The van der Waals surface area contributed by atoms with Gasteiger partial charge in [-0.05, 0) is 6.92 Å². The van der Waals surface area contributed by atoms with Gasteiger partial charge in [0.25, 0.3) is 0 Å². The molecule has 0 unspecified atom stereocenters. The van der Waals surface area contributed by atoms with Crippen LogP contribution in [0.1, 0.15) is 6.92 Å². The third kappa shape index (κ3) is 15.1. The molecule has 0 rings (SSSR count). The summed E-state index contributed by atoms with van der Waals surface area (Å²) in [6, 6.07) is 0. The van der Waals surface area contributed by atoms with Gasteiger partial charge in [-0.1, -0.05) is 0 Å².